The van der Waals surface area contributed by atoms with Crippen molar-refractivity contribution in [3.05, 3.63) is 141 Å². The summed E-state index contributed by atoms with van der Waals surface area (Å²) in [5.74, 6) is 6.30. The van der Waals surface area contributed by atoms with Crippen LogP contribution in [-0.4, -0.2) is 43.6 Å². The molecular weight excluding hydrogens is 793 g/mol. The molecule has 5 aromatic carbocycles. The molecule has 0 radical (unpaired) electrons. The van der Waals surface area contributed by atoms with Crippen LogP contribution in [0.1, 0.15) is 87.4 Å². The number of ketones is 2. The topological polar surface area (TPSA) is 178 Å². The molecule has 13 heteroatoms. The Hall–Kier alpha value is -5.89. The predicted molar refractivity (Wildman–Crippen MR) is 243 cm³/mol. The molecule has 0 fully saturated rings. The molecule has 0 aromatic heterocycles. The highest BCUT2D eigenvalue weighted by Gasteiger charge is 2.31. The van der Waals surface area contributed by atoms with Gasteiger partial charge < -0.3 is 30.3 Å². The first kappa shape index (κ1) is 46.2. The van der Waals surface area contributed by atoms with Crippen molar-refractivity contribution in [3.63, 3.8) is 0 Å². The predicted octanol–water partition coefficient (Wildman–Crippen LogP) is 9.26. The third-order valence-corrected chi connectivity index (χ3v) is 12.0. The lowest BCUT2D eigenvalue weighted by Gasteiger charge is -2.26. The molecule has 0 aliphatic carbocycles. The Labute approximate surface area is 359 Å². The number of Topliss-reactive ketones (excluding diaryl/α,β-unsaturated/α-hetero) is 2. The highest BCUT2D eigenvalue weighted by atomic mass is 32.2. The first-order chi connectivity index (χ1) is 29.0. The van der Waals surface area contributed by atoms with E-state index in [-0.39, 0.29) is 47.5 Å². The van der Waals surface area contributed by atoms with Crippen LogP contribution in [0.25, 0.3) is 0 Å². The number of anilines is 3. The minimum atomic E-state index is -4.63. The lowest BCUT2D eigenvalue weighted by molar-refractivity contribution is 0.100. The Morgan fingerprint density at radius 3 is 1.79 bits per heavy atom. The number of hydrogen-bond acceptors (Lipinski definition) is 11. The number of carbonyl (C=O) groups is 2. The van der Waals surface area contributed by atoms with E-state index in [1.165, 1.54) is 37.3 Å². The lowest BCUT2D eigenvalue weighted by atomic mass is 9.97. The molecule has 324 valence electrons. The minimum absolute atomic E-state index is 0.0320. The first-order valence-electron chi connectivity index (χ1n) is 20.3. The average molecular weight is 851 g/mol. The molecule has 5 rings (SSSR count). The second-order valence-corrected chi connectivity index (χ2v) is 17.4. The van der Waals surface area contributed by atoms with Crippen LogP contribution in [0.4, 0.5) is 17.1 Å². The van der Waals surface area contributed by atoms with Gasteiger partial charge in [-0.3, -0.25) is 20.0 Å². The molecule has 0 amide bonds. The summed E-state index contributed by atoms with van der Waals surface area (Å²) < 4.78 is 54.2. The van der Waals surface area contributed by atoms with Gasteiger partial charge in [-0.25, -0.2) is 0 Å². The summed E-state index contributed by atoms with van der Waals surface area (Å²) >= 11 is 0. The summed E-state index contributed by atoms with van der Waals surface area (Å²) in [6.45, 7) is 13.6. The number of benzene rings is 5. The molecule has 0 aliphatic rings. The first-order valence-corrected chi connectivity index (χ1v) is 21.8. The maximum Gasteiger partial charge on any atom is 0.286 e. The van der Waals surface area contributed by atoms with Crippen molar-refractivity contribution < 1.29 is 36.8 Å². The van der Waals surface area contributed by atoms with Gasteiger partial charge in [-0.1, -0.05) is 62.4 Å². The highest BCUT2D eigenvalue weighted by Crippen LogP contribution is 2.36. The molecule has 5 aromatic rings. The maximum absolute atomic E-state index is 12.9. The fourth-order valence-electron chi connectivity index (χ4n) is 7.39. The summed E-state index contributed by atoms with van der Waals surface area (Å²) in [5, 5.41) is 5.00. The van der Waals surface area contributed by atoms with E-state index in [0.717, 1.165) is 34.2 Å². The zero-order valence-corrected chi connectivity index (χ0v) is 37.0. The lowest BCUT2D eigenvalue weighted by Crippen LogP contribution is -2.37. The van der Waals surface area contributed by atoms with Crippen LogP contribution < -0.4 is 36.1 Å². The molecule has 0 spiro atoms. The minimum Gasteiger partial charge on any atom is -0.493 e. The SMILES string of the molecule is COc1cc(C(C)=O)c(NC(C(C)Cc2ccccc2C)S(=O)(=O)O)cc1OCc1cc(COc2cc(NC[C@@H](C)Cc3ccccc3C)c(C(C)=O)cc2C)cc(NN)c1. The molecule has 0 saturated carbocycles. The summed E-state index contributed by atoms with van der Waals surface area (Å²) in [7, 11) is -3.19. The number of ether oxygens (including phenoxy) is 3. The second kappa shape index (κ2) is 20.6. The number of rotatable bonds is 21. The van der Waals surface area contributed by atoms with Gasteiger partial charge in [0.2, 0.25) is 0 Å². The normalized spacial score (nSPS) is 12.8. The third kappa shape index (κ3) is 12.3. The number of carbonyl (C=O) groups excluding carboxylic acids is 2. The quantitative estimate of drug-likeness (QED) is 0.0205. The van der Waals surface area contributed by atoms with Gasteiger partial charge in [0.05, 0.1) is 7.11 Å². The van der Waals surface area contributed by atoms with E-state index in [0.29, 0.717) is 41.6 Å². The number of hydrazine groups is 1. The zero-order valence-electron chi connectivity index (χ0n) is 36.2. The van der Waals surface area contributed by atoms with E-state index >= 15 is 0 Å². The Kier molecular flexibility index (Phi) is 15.6. The van der Waals surface area contributed by atoms with Gasteiger partial charge in [-0.05, 0) is 129 Å². The number of aryl methyl sites for hydroxylation is 3. The van der Waals surface area contributed by atoms with E-state index in [9.17, 15) is 22.6 Å². The van der Waals surface area contributed by atoms with Crippen molar-refractivity contribution in [2.45, 2.75) is 79.9 Å². The fourth-order valence-corrected chi connectivity index (χ4v) is 8.35. The van der Waals surface area contributed by atoms with Gasteiger partial charge in [-0.2, -0.15) is 8.42 Å². The van der Waals surface area contributed by atoms with Crippen molar-refractivity contribution in [1.82, 2.24) is 0 Å². The van der Waals surface area contributed by atoms with Crippen LogP contribution >= 0.6 is 0 Å². The number of nitrogens with one attached hydrogen (secondary N) is 3. The number of methoxy groups -OCH3 is 1. The Balaban J connectivity index is 1.34. The molecule has 0 bridgehead atoms. The monoisotopic (exact) mass is 850 g/mol. The van der Waals surface area contributed by atoms with E-state index < -0.39 is 21.4 Å². The average Bonchev–Trinajstić information content (AvgIpc) is 3.21. The van der Waals surface area contributed by atoms with Crippen LogP contribution in [0.15, 0.2) is 91.0 Å². The summed E-state index contributed by atoms with van der Waals surface area (Å²) in [6, 6.07) is 28.3. The van der Waals surface area contributed by atoms with Gasteiger partial charge in [0.15, 0.2) is 28.4 Å². The standard InChI is InChI=1S/C48H58N4O8S/c1-29(17-38-15-11-9-13-30(38)2)26-50-43-24-45(32(4)19-41(43)34(6)53)59-27-36-20-37(22-40(21-36)52-49)28-60-47-25-44(42(35(7)54)23-46(47)58-8)51-48(61(55,56)57)33(5)18-39-16-12-10-14-31(39)3/h9-16,19-25,29,33,48,50-52H,17-18,26-28,49H2,1-8H3,(H,55,56,57)/t29-,33?,48?/m0/s1. The van der Waals surface area contributed by atoms with Crippen molar-refractivity contribution in [2.24, 2.45) is 17.7 Å². The summed E-state index contributed by atoms with van der Waals surface area (Å²) in [5.41, 5.74) is 11.7. The van der Waals surface area contributed by atoms with Crippen LogP contribution in [0.5, 0.6) is 17.2 Å². The van der Waals surface area contributed by atoms with Crippen molar-refractivity contribution in [3.8, 4) is 17.2 Å². The van der Waals surface area contributed by atoms with Crippen LogP contribution in [0, 0.1) is 32.6 Å². The molecule has 61 heavy (non-hydrogen) atoms. The third-order valence-electron chi connectivity index (χ3n) is 10.8. The van der Waals surface area contributed by atoms with E-state index in [1.54, 1.807) is 13.8 Å². The molecule has 2 unspecified atom stereocenters. The fraction of sp³-hybridized carbons (Fsp3) is 0.333. The van der Waals surface area contributed by atoms with Crippen LogP contribution in [-0.2, 0) is 36.2 Å². The Morgan fingerprint density at radius 2 is 1.25 bits per heavy atom. The zero-order chi connectivity index (χ0) is 44.4. The van der Waals surface area contributed by atoms with Crippen LogP contribution in [0.3, 0.4) is 0 Å². The molecular formula is C48H58N4O8S. The number of hydrogen-bond donors (Lipinski definition) is 5. The molecule has 12 nitrogen and oxygen atoms in total. The summed E-state index contributed by atoms with van der Waals surface area (Å²) in [6.07, 6.45) is 1.26. The largest absolute Gasteiger partial charge is 0.493 e. The van der Waals surface area contributed by atoms with E-state index in [1.807, 2.05) is 74.5 Å². The Morgan fingerprint density at radius 1 is 0.705 bits per heavy atom. The molecule has 0 aliphatic heterocycles. The maximum atomic E-state index is 12.9. The van der Waals surface area contributed by atoms with Gasteiger partial charge in [0.25, 0.3) is 10.1 Å². The molecule has 3 atom stereocenters. The van der Waals surface area contributed by atoms with E-state index in [4.69, 9.17) is 20.1 Å². The smallest absolute Gasteiger partial charge is 0.286 e. The van der Waals surface area contributed by atoms with Gasteiger partial charge in [0.1, 0.15) is 19.0 Å². The van der Waals surface area contributed by atoms with Crippen molar-refractivity contribution in [1.29, 1.82) is 0 Å². The highest BCUT2D eigenvalue weighted by molar-refractivity contribution is 7.86. The van der Waals surface area contributed by atoms with Gasteiger partial charge in [-0.15, -0.1) is 0 Å². The Bertz CT molecular complexity index is 2470. The van der Waals surface area contributed by atoms with Crippen LogP contribution in [0.2, 0.25) is 0 Å². The molecule has 0 saturated heterocycles. The second-order valence-electron chi connectivity index (χ2n) is 15.9. The van der Waals surface area contributed by atoms with Crippen molar-refractivity contribution in [2.75, 3.05) is 29.7 Å². The molecule has 6 N–H and O–H groups in total. The summed E-state index contributed by atoms with van der Waals surface area (Å²) in [4.78, 5) is 25.5. The number of nitrogen functional groups attached to an aromatic ring is 1. The number of nitrogens with two attached hydrogens (primary N) is 1. The van der Waals surface area contributed by atoms with Crippen molar-refractivity contribution >= 4 is 38.7 Å². The van der Waals surface area contributed by atoms with Gasteiger partial charge >= 0.3 is 0 Å². The van der Waals surface area contributed by atoms with Gasteiger partial charge in [0, 0.05) is 46.9 Å². The molecule has 0 heterocycles. The van der Waals surface area contributed by atoms with E-state index in [2.05, 4.69) is 48.1 Å².